The standard InChI is InChI=1S/C26H30ClFN4O2/c1-7-13-26(28,9-3)19-16-18(11-12-20(19)27)34-21-22(25(6,8-2)17(4)5)30-24(31-23(21)33)32-15-10-14-29-32/h7,10-16H,4,8-9H2,1-3,5-6H3,(H,30,31,33). The molecule has 0 spiro atoms. The Balaban J connectivity index is 2.20. The number of aromatic nitrogens is 4. The summed E-state index contributed by atoms with van der Waals surface area (Å²) in [7, 11) is 0. The largest absolute Gasteiger partial charge is 0.450 e. The third-order valence-corrected chi connectivity index (χ3v) is 6.64. The lowest BCUT2D eigenvalue weighted by atomic mass is 9.77. The van der Waals surface area contributed by atoms with E-state index in [1.54, 1.807) is 50.5 Å². The van der Waals surface area contributed by atoms with Crippen LogP contribution in [0.5, 0.6) is 11.5 Å². The molecule has 2 unspecified atom stereocenters. The number of allylic oxidation sites excluding steroid dienone is 3. The molecular weight excluding hydrogens is 455 g/mol. The van der Waals surface area contributed by atoms with Gasteiger partial charge in [0, 0.05) is 28.4 Å². The molecule has 2 atom stereocenters. The molecule has 1 aromatic carbocycles. The molecule has 34 heavy (non-hydrogen) atoms. The molecule has 6 nitrogen and oxygen atoms in total. The van der Waals surface area contributed by atoms with Gasteiger partial charge in [-0.1, -0.05) is 50.6 Å². The molecule has 0 bridgehead atoms. The molecule has 2 aromatic heterocycles. The van der Waals surface area contributed by atoms with Crippen molar-refractivity contribution in [1.82, 2.24) is 19.7 Å². The number of nitrogens with one attached hydrogen (secondary N) is 1. The van der Waals surface area contributed by atoms with Crippen LogP contribution in [0.2, 0.25) is 5.02 Å². The monoisotopic (exact) mass is 484 g/mol. The Morgan fingerprint density at radius 2 is 2.09 bits per heavy atom. The second-order valence-corrected chi connectivity index (χ2v) is 8.85. The van der Waals surface area contributed by atoms with E-state index in [2.05, 4.69) is 16.7 Å². The fourth-order valence-electron chi connectivity index (χ4n) is 3.76. The maximum absolute atomic E-state index is 15.6. The van der Waals surface area contributed by atoms with Gasteiger partial charge in [0.25, 0.3) is 5.56 Å². The highest BCUT2D eigenvalue weighted by Crippen LogP contribution is 2.41. The summed E-state index contributed by atoms with van der Waals surface area (Å²) in [6, 6.07) is 6.43. The Bertz CT molecular complexity index is 1270. The minimum atomic E-state index is -1.77. The summed E-state index contributed by atoms with van der Waals surface area (Å²) in [4.78, 5) is 20.7. The van der Waals surface area contributed by atoms with Gasteiger partial charge in [0.2, 0.25) is 11.7 Å². The van der Waals surface area contributed by atoms with E-state index in [-0.39, 0.29) is 34.5 Å². The molecule has 0 radical (unpaired) electrons. The summed E-state index contributed by atoms with van der Waals surface area (Å²) in [5, 5.41) is 4.44. The predicted molar refractivity (Wildman–Crippen MR) is 134 cm³/mol. The summed E-state index contributed by atoms with van der Waals surface area (Å²) < 4.78 is 23.2. The van der Waals surface area contributed by atoms with Crippen molar-refractivity contribution in [1.29, 1.82) is 0 Å². The summed E-state index contributed by atoms with van der Waals surface area (Å²) in [5.74, 6) is 0.556. The van der Waals surface area contributed by atoms with Gasteiger partial charge in [0.15, 0.2) is 5.67 Å². The first-order valence-electron chi connectivity index (χ1n) is 11.2. The number of halogens is 2. The van der Waals surface area contributed by atoms with Crippen LogP contribution in [0.3, 0.4) is 0 Å². The van der Waals surface area contributed by atoms with E-state index in [0.29, 0.717) is 12.1 Å². The average Bonchev–Trinajstić information content (AvgIpc) is 3.35. The third-order valence-electron chi connectivity index (χ3n) is 6.31. The smallest absolute Gasteiger partial charge is 0.295 e. The van der Waals surface area contributed by atoms with Crippen molar-refractivity contribution in [3.63, 3.8) is 0 Å². The number of hydrogen-bond acceptors (Lipinski definition) is 4. The van der Waals surface area contributed by atoms with Crippen LogP contribution in [0.4, 0.5) is 4.39 Å². The molecule has 0 aliphatic heterocycles. The summed E-state index contributed by atoms with van der Waals surface area (Å²) in [6.07, 6.45) is 7.21. The molecule has 180 valence electrons. The van der Waals surface area contributed by atoms with Crippen LogP contribution in [-0.2, 0) is 11.1 Å². The Hall–Kier alpha value is -3.19. The van der Waals surface area contributed by atoms with E-state index in [4.69, 9.17) is 21.3 Å². The van der Waals surface area contributed by atoms with Gasteiger partial charge >= 0.3 is 0 Å². The number of nitrogens with zero attached hydrogens (tertiary/aromatic N) is 3. The molecule has 0 aliphatic carbocycles. The van der Waals surface area contributed by atoms with Crippen LogP contribution >= 0.6 is 11.6 Å². The van der Waals surface area contributed by atoms with Gasteiger partial charge in [0.05, 0.1) is 0 Å². The lowest BCUT2D eigenvalue weighted by Crippen LogP contribution is -2.29. The predicted octanol–water partition coefficient (Wildman–Crippen LogP) is 6.80. The maximum Gasteiger partial charge on any atom is 0.295 e. The molecule has 0 fully saturated rings. The Morgan fingerprint density at radius 3 is 2.65 bits per heavy atom. The van der Waals surface area contributed by atoms with Gasteiger partial charge in [-0.05, 0) is 57.0 Å². The van der Waals surface area contributed by atoms with Crippen molar-refractivity contribution in [2.75, 3.05) is 0 Å². The molecule has 8 heteroatoms. The minimum Gasteiger partial charge on any atom is -0.450 e. The molecule has 0 aliphatic rings. The highest BCUT2D eigenvalue weighted by atomic mass is 35.5. The maximum atomic E-state index is 15.6. The van der Waals surface area contributed by atoms with Crippen molar-refractivity contribution in [3.05, 3.63) is 87.6 Å². The van der Waals surface area contributed by atoms with Gasteiger partial charge in [-0.2, -0.15) is 5.10 Å². The van der Waals surface area contributed by atoms with Crippen molar-refractivity contribution in [2.45, 2.75) is 58.5 Å². The lowest BCUT2D eigenvalue weighted by molar-refractivity contribution is 0.225. The van der Waals surface area contributed by atoms with Crippen molar-refractivity contribution in [3.8, 4) is 17.4 Å². The zero-order chi connectivity index (χ0) is 25.1. The number of ether oxygens (including phenoxy) is 1. The third kappa shape index (κ3) is 4.71. The van der Waals surface area contributed by atoms with Crippen molar-refractivity contribution < 1.29 is 9.13 Å². The normalized spacial score (nSPS) is 15.1. The topological polar surface area (TPSA) is 72.8 Å². The van der Waals surface area contributed by atoms with Gasteiger partial charge in [-0.3, -0.25) is 9.78 Å². The van der Waals surface area contributed by atoms with Crippen LogP contribution in [0.1, 0.15) is 58.7 Å². The number of hydrogen-bond donors (Lipinski definition) is 1. The summed E-state index contributed by atoms with van der Waals surface area (Å²) in [6.45, 7) is 13.5. The fourth-order valence-corrected chi connectivity index (χ4v) is 4.03. The Labute approximate surface area is 204 Å². The number of aromatic amines is 1. The van der Waals surface area contributed by atoms with Crippen LogP contribution in [0.15, 0.2) is 65.8 Å². The second-order valence-electron chi connectivity index (χ2n) is 8.44. The van der Waals surface area contributed by atoms with Gasteiger partial charge in [-0.25, -0.2) is 14.1 Å². The first-order valence-corrected chi connectivity index (χ1v) is 11.6. The van der Waals surface area contributed by atoms with Crippen LogP contribution < -0.4 is 10.3 Å². The minimum absolute atomic E-state index is 0.0171. The number of alkyl halides is 1. The van der Waals surface area contributed by atoms with Crippen LogP contribution in [0, 0.1) is 0 Å². The summed E-state index contributed by atoms with van der Waals surface area (Å²) in [5.41, 5.74) is -1.39. The number of H-pyrrole nitrogens is 1. The number of benzene rings is 1. The van der Waals surface area contributed by atoms with Gasteiger partial charge in [-0.15, -0.1) is 0 Å². The zero-order valence-corrected chi connectivity index (χ0v) is 20.9. The summed E-state index contributed by atoms with van der Waals surface area (Å²) >= 11 is 6.34. The number of rotatable bonds is 9. The highest BCUT2D eigenvalue weighted by Gasteiger charge is 2.34. The first-order chi connectivity index (χ1) is 16.1. The lowest BCUT2D eigenvalue weighted by Gasteiger charge is -2.30. The molecule has 2 heterocycles. The molecular formula is C26H30ClFN4O2. The van der Waals surface area contributed by atoms with Crippen molar-refractivity contribution >= 4 is 11.6 Å². The average molecular weight is 485 g/mol. The fraction of sp³-hybridized carbons (Fsp3) is 0.346. The molecule has 0 amide bonds. The first kappa shape index (κ1) is 25.4. The van der Waals surface area contributed by atoms with Gasteiger partial charge < -0.3 is 4.74 Å². The van der Waals surface area contributed by atoms with E-state index < -0.39 is 16.6 Å². The van der Waals surface area contributed by atoms with Crippen LogP contribution in [0.25, 0.3) is 5.95 Å². The Morgan fingerprint density at radius 1 is 1.35 bits per heavy atom. The van der Waals surface area contributed by atoms with E-state index in [1.165, 1.54) is 16.8 Å². The quantitative estimate of drug-likeness (QED) is 0.339. The zero-order valence-electron chi connectivity index (χ0n) is 20.2. The van der Waals surface area contributed by atoms with E-state index in [1.807, 2.05) is 20.8 Å². The van der Waals surface area contributed by atoms with Gasteiger partial charge in [0.1, 0.15) is 11.4 Å². The molecule has 3 aromatic rings. The van der Waals surface area contributed by atoms with E-state index in [9.17, 15) is 4.79 Å². The van der Waals surface area contributed by atoms with Crippen molar-refractivity contribution in [2.24, 2.45) is 0 Å². The SMILES string of the molecule is C=C(C)C(C)(CC)c1nc(-n2cccn2)[nH]c(=O)c1Oc1ccc(Cl)c(C(F)(C=CC)CC)c1. The van der Waals surface area contributed by atoms with E-state index >= 15 is 4.39 Å². The van der Waals surface area contributed by atoms with E-state index in [0.717, 1.165) is 5.57 Å². The molecule has 3 rings (SSSR count). The molecule has 1 N–H and O–H groups in total. The second kappa shape index (κ2) is 9.97. The van der Waals surface area contributed by atoms with Crippen LogP contribution in [-0.4, -0.2) is 19.7 Å². The Kier molecular flexibility index (Phi) is 7.46. The molecule has 0 saturated heterocycles. The molecule has 0 saturated carbocycles. The highest BCUT2D eigenvalue weighted by molar-refractivity contribution is 6.31.